The lowest BCUT2D eigenvalue weighted by atomic mass is 9.84. The Morgan fingerprint density at radius 1 is 1.18 bits per heavy atom. The number of ether oxygens (including phenoxy) is 1. The molecule has 120 valence electrons. The minimum Gasteiger partial charge on any atom is -0.505 e. The summed E-state index contributed by atoms with van der Waals surface area (Å²) in [4.78, 5) is 1.47. The molecule has 0 saturated heterocycles. The molecule has 0 aromatic heterocycles. The van der Waals surface area contributed by atoms with Gasteiger partial charge in [-0.05, 0) is 69.1 Å². The number of unbranched alkanes of at least 4 members (excludes halogenated alkanes) is 1. The number of methoxy groups -OCH3 is 1. The molecule has 2 saturated carbocycles. The molecule has 2 heteroatoms. The monoisotopic (exact) mass is 316 g/mol. The Bertz CT molecular complexity index is 521. The maximum Gasteiger partial charge on any atom is 0.0784 e. The van der Waals surface area contributed by atoms with Crippen molar-refractivity contribution in [1.29, 1.82) is 0 Å². The van der Waals surface area contributed by atoms with E-state index in [2.05, 4.69) is 49.0 Å². The molecule has 2 aliphatic rings. The molecule has 22 heavy (non-hydrogen) atoms. The van der Waals surface area contributed by atoms with Gasteiger partial charge in [-0.15, -0.1) is 11.8 Å². The first-order valence-corrected chi connectivity index (χ1v) is 9.45. The third kappa shape index (κ3) is 3.22. The van der Waals surface area contributed by atoms with E-state index < -0.39 is 0 Å². The molecule has 0 spiro atoms. The van der Waals surface area contributed by atoms with Gasteiger partial charge in [0, 0.05) is 9.64 Å². The highest BCUT2D eigenvalue weighted by Gasteiger charge is 2.67. The van der Waals surface area contributed by atoms with Gasteiger partial charge in [-0.25, -0.2) is 0 Å². The second kappa shape index (κ2) is 6.70. The molecule has 1 aromatic rings. The molecule has 0 amide bonds. The summed E-state index contributed by atoms with van der Waals surface area (Å²) in [5, 5.41) is 0. The van der Waals surface area contributed by atoms with Crippen molar-refractivity contribution in [2.75, 3.05) is 7.11 Å². The van der Waals surface area contributed by atoms with Crippen LogP contribution in [0, 0.1) is 12.3 Å². The highest BCUT2D eigenvalue weighted by atomic mass is 32.2. The van der Waals surface area contributed by atoms with E-state index in [4.69, 9.17) is 4.74 Å². The van der Waals surface area contributed by atoms with Crippen LogP contribution in [0.1, 0.15) is 56.9 Å². The van der Waals surface area contributed by atoms with Gasteiger partial charge in [0.25, 0.3) is 0 Å². The summed E-state index contributed by atoms with van der Waals surface area (Å²) in [6.07, 6.45) is 15.0. The highest BCUT2D eigenvalue weighted by molar-refractivity contribution is 8.01. The predicted molar refractivity (Wildman–Crippen MR) is 95.3 cm³/mol. The summed E-state index contributed by atoms with van der Waals surface area (Å²) in [6, 6.07) is 9.13. The number of allylic oxidation sites excluding steroid dienone is 1. The number of aryl methyl sites for hydroxylation is 1. The molecular weight excluding hydrogens is 288 g/mol. The third-order valence-electron chi connectivity index (χ3n) is 5.54. The van der Waals surface area contributed by atoms with E-state index in [0.717, 1.165) is 6.42 Å². The molecule has 1 nitrogen and oxygen atoms in total. The average Bonchev–Trinajstić information content (AvgIpc) is 3.18. The van der Waals surface area contributed by atoms with Crippen molar-refractivity contribution < 1.29 is 4.74 Å². The van der Waals surface area contributed by atoms with Crippen molar-refractivity contribution >= 4 is 11.8 Å². The van der Waals surface area contributed by atoms with E-state index >= 15 is 0 Å². The second-order valence-corrected chi connectivity index (χ2v) is 8.53. The number of fused-ring (bicyclic) bond motifs is 1. The lowest BCUT2D eigenvalue weighted by molar-refractivity contribution is 0.322. The van der Waals surface area contributed by atoms with Gasteiger partial charge in [-0.1, -0.05) is 30.5 Å². The smallest absolute Gasteiger partial charge is 0.0784 e. The van der Waals surface area contributed by atoms with Crippen LogP contribution < -0.4 is 0 Å². The van der Waals surface area contributed by atoms with Gasteiger partial charge in [-0.2, -0.15) is 0 Å². The standard InChI is InChI=1S/C20H28OS/c1-17-8-10-18(11-9-17)22-20-14-6-5-13-19(20,16-20)12-4-3-7-15-21-2/h7-11,15H,3-6,12-14,16H2,1-2H3/b15-7+/t19-,20-/m1/s1. The molecule has 0 unspecified atom stereocenters. The summed E-state index contributed by atoms with van der Waals surface area (Å²) in [7, 11) is 1.72. The molecule has 0 heterocycles. The van der Waals surface area contributed by atoms with Crippen LogP contribution >= 0.6 is 11.8 Å². The zero-order valence-corrected chi connectivity index (χ0v) is 14.8. The highest BCUT2D eigenvalue weighted by Crippen LogP contribution is 2.74. The normalized spacial score (nSPS) is 30.3. The molecule has 1 aromatic carbocycles. The Balaban J connectivity index is 1.61. The first-order valence-electron chi connectivity index (χ1n) is 8.63. The molecular formula is C20H28OS. The van der Waals surface area contributed by atoms with Crippen molar-refractivity contribution in [2.24, 2.45) is 5.41 Å². The maximum atomic E-state index is 4.99. The van der Waals surface area contributed by atoms with Gasteiger partial charge >= 0.3 is 0 Å². The fourth-order valence-corrected chi connectivity index (χ4v) is 5.98. The topological polar surface area (TPSA) is 9.23 Å². The average molecular weight is 317 g/mol. The number of rotatable bonds is 7. The Morgan fingerprint density at radius 3 is 2.73 bits per heavy atom. The van der Waals surface area contributed by atoms with Crippen LogP contribution in [0.15, 0.2) is 41.5 Å². The summed E-state index contributed by atoms with van der Waals surface area (Å²) in [5.74, 6) is 0. The summed E-state index contributed by atoms with van der Waals surface area (Å²) in [6.45, 7) is 2.17. The molecule has 0 aliphatic heterocycles. The Hall–Kier alpha value is -0.890. The number of benzene rings is 1. The van der Waals surface area contributed by atoms with Crippen LogP contribution in [0.4, 0.5) is 0 Å². The summed E-state index contributed by atoms with van der Waals surface area (Å²) in [5.41, 5.74) is 1.99. The van der Waals surface area contributed by atoms with Crippen molar-refractivity contribution in [3.05, 3.63) is 42.2 Å². The summed E-state index contributed by atoms with van der Waals surface area (Å²) >= 11 is 2.17. The van der Waals surface area contributed by atoms with Gasteiger partial charge in [0.1, 0.15) is 0 Å². The van der Waals surface area contributed by atoms with Crippen LogP contribution in [0.25, 0.3) is 0 Å². The summed E-state index contributed by atoms with van der Waals surface area (Å²) < 4.78 is 5.54. The van der Waals surface area contributed by atoms with Crippen molar-refractivity contribution in [1.82, 2.24) is 0 Å². The maximum absolute atomic E-state index is 4.99. The van der Waals surface area contributed by atoms with E-state index in [1.807, 2.05) is 6.26 Å². The Morgan fingerprint density at radius 2 is 1.95 bits per heavy atom. The SMILES string of the molecule is CO/C=C/CCC[C@]12CCCC[C@@]1(Sc1ccc(C)cc1)C2. The zero-order valence-electron chi connectivity index (χ0n) is 13.9. The van der Waals surface area contributed by atoms with Crippen LogP contribution in [0.3, 0.4) is 0 Å². The quantitative estimate of drug-likeness (QED) is 0.442. The molecule has 2 aliphatic carbocycles. The second-order valence-electron chi connectivity index (χ2n) is 7.07. The predicted octanol–water partition coefficient (Wildman–Crippen LogP) is 6.12. The zero-order chi connectivity index (χ0) is 15.5. The largest absolute Gasteiger partial charge is 0.505 e. The molecule has 2 atom stereocenters. The van der Waals surface area contributed by atoms with E-state index in [-0.39, 0.29) is 0 Å². The van der Waals surface area contributed by atoms with Gasteiger partial charge < -0.3 is 4.74 Å². The molecule has 0 N–H and O–H groups in total. The first-order chi connectivity index (χ1) is 10.7. The number of thioether (sulfide) groups is 1. The molecule has 3 rings (SSSR count). The van der Waals surface area contributed by atoms with E-state index in [1.165, 1.54) is 55.4 Å². The Labute approximate surface area is 139 Å². The van der Waals surface area contributed by atoms with Crippen LogP contribution in [0.5, 0.6) is 0 Å². The number of hydrogen-bond donors (Lipinski definition) is 0. The van der Waals surface area contributed by atoms with Gasteiger partial charge in [0.15, 0.2) is 0 Å². The minimum atomic E-state index is 0.547. The van der Waals surface area contributed by atoms with Crippen LogP contribution in [-0.2, 0) is 4.74 Å². The molecule has 2 fully saturated rings. The number of hydrogen-bond acceptors (Lipinski definition) is 2. The van der Waals surface area contributed by atoms with Gasteiger partial charge in [0.05, 0.1) is 13.4 Å². The van der Waals surface area contributed by atoms with E-state index in [0.29, 0.717) is 10.2 Å². The van der Waals surface area contributed by atoms with Crippen molar-refractivity contribution in [2.45, 2.75) is 67.9 Å². The van der Waals surface area contributed by atoms with E-state index in [1.54, 1.807) is 7.11 Å². The van der Waals surface area contributed by atoms with Gasteiger partial charge in [-0.3, -0.25) is 0 Å². The lowest BCUT2D eigenvalue weighted by Gasteiger charge is -2.30. The fourth-order valence-electron chi connectivity index (χ4n) is 4.24. The molecule has 0 radical (unpaired) electrons. The minimum absolute atomic E-state index is 0.547. The Kier molecular flexibility index (Phi) is 4.87. The first kappa shape index (κ1) is 16.0. The van der Waals surface area contributed by atoms with Crippen LogP contribution in [0.2, 0.25) is 0 Å². The fraction of sp³-hybridized carbons (Fsp3) is 0.600. The van der Waals surface area contributed by atoms with E-state index in [9.17, 15) is 0 Å². The van der Waals surface area contributed by atoms with Gasteiger partial charge in [0.2, 0.25) is 0 Å². The van der Waals surface area contributed by atoms with Crippen molar-refractivity contribution in [3.63, 3.8) is 0 Å². The van der Waals surface area contributed by atoms with Crippen LogP contribution in [-0.4, -0.2) is 11.9 Å². The lowest BCUT2D eigenvalue weighted by Crippen LogP contribution is -2.21. The van der Waals surface area contributed by atoms with Crippen molar-refractivity contribution in [3.8, 4) is 0 Å². The third-order valence-corrected chi connectivity index (χ3v) is 7.22. The molecule has 0 bridgehead atoms.